The lowest BCUT2D eigenvalue weighted by molar-refractivity contribution is -0.193. The summed E-state index contributed by atoms with van der Waals surface area (Å²) in [5, 5.41) is 0. The molecule has 33 heavy (non-hydrogen) atoms. The van der Waals surface area contributed by atoms with Crippen LogP contribution in [0.2, 0.25) is 0 Å². The lowest BCUT2D eigenvalue weighted by Gasteiger charge is -2.29. The summed E-state index contributed by atoms with van der Waals surface area (Å²) < 4.78 is 17.0. The van der Waals surface area contributed by atoms with Crippen LogP contribution in [0.1, 0.15) is 78.1 Å². The molecule has 3 rings (SSSR count). The molecule has 1 heterocycles. The molecule has 5 heteroatoms. The van der Waals surface area contributed by atoms with E-state index in [4.69, 9.17) is 14.2 Å². The predicted molar refractivity (Wildman–Crippen MR) is 128 cm³/mol. The summed E-state index contributed by atoms with van der Waals surface area (Å²) in [5.74, 6) is 7.12. The second-order valence-electron chi connectivity index (χ2n) is 9.74. The van der Waals surface area contributed by atoms with Crippen molar-refractivity contribution in [3.63, 3.8) is 0 Å². The molecule has 6 atom stereocenters. The molecule has 0 spiro atoms. The zero-order chi connectivity index (χ0) is 23.6. The van der Waals surface area contributed by atoms with Gasteiger partial charge >= 0.3 is 5.97 Å². The van der Waals surface area contributed by atoms with Crippen molar-refractivity contribution < 1.29 is 23.8 Å². The Kier molecular flexibility index (Phi) is 10.2. The quantitative estimate of drug-likeness (QED) is 0.145. The van der Waals surface area contributed by atoms with E-state index in [-0.39, 0.29) is 36.0 Å². The van der Waals surface area contributed by atoms with Crippen molar-refractivity contribution >= 4 is 11.8 Å². The van der Waals surface area contributed by atoms with Gasteiger partial charge < -0.3 is 14.2 Å². The third-order valence-electron chi connectivity index (χ3n) is 7.35. The summed E-state index contributed by atoms with van der Waals surface area (Å²) in [5.41, 5.74) is 1.48. The van der Waals surface area contributed by atoms with Crippen LogP contribution in [-0.4, -0.2) is 37.9 Å². The summed E-state index contributed by atoms with van der Waals surface area (Å²) in [4.78, 5) is 24.0. The smallest absolute Gasteiger partial charge is 0.305 e. The number of fused-ring (bicyclic) bond motifs is 1. The number of rotatable bonds is 10. The molecule has 3 fully saturated rings. The standard InChI is InChI=1S/C28H40O5/c1-4-5-10-20(2)25(29)15-14-23-24-18-21(11-6-7-12-27(30)31-3)17-22(24)19-26(23)33-28-13-8-9-16-32-28/h11,14-15,20,22-24,26,28H,6-10,12-13,16-19H2,1-3H3/b15-14+,21-11+/t20-,22-,23+,24-,26+,28?/m0/s1. The predicted octanol–water partition coefficient (Wildman–Crippen LogP) is 5.39. The van der Waals surface area contributed by atoms with Crippen molar-refractivity contribution in [3.05, 3.63) is 23.8 Å². The number of unbranched alkanes of at least 4 members (excludes halogenated alkanes) is 1. The van der Waals surface area contributed by atoms with E-state index in [0.29, 0.717) is 24.7 Å². The van der Waals surface area contributed by atoms with Crippen molar-refractivity contribution in [2.45, 2.75) is 90.4 Å². The molecule has 0 amide bonds. The second kappa shape index (κ2) is 13.1. The number of carbonyl (C=O) groups excluding carboxylic acids is 2. The van der Waals surface area contributed by atoms with Gasteiger partial charge in [-0.3, -0.25) is 9.59 Å². The fourth-order valence-electron chi connectivity index (χ4n) is 5.45. The van der Waals surface area contributed by atoms with E-state index in [9.17, 15) is 9.59 Å². The molecule has 1 saturated heterocycles. The highest BCUT2D eigenvalue weighted by Crippen LogP contribution is 2.52. The van der Waals surface area contributed by atoms with Gasteiger partial charge in [0.1, 0.15) is 0 Å². The maximum atomic E-state index is 12.6. The van der Waals surface area contributed by atoms with Crippen LogP contribution in [0.3, 0.4) is 0 Å². The van der Waals surface area contributed by atoms with Crippen molar-refractivity contribution in [2.75, 3.05) is 13.7 Å². The van der Waals surface area contributed by atoms with Crippen LogP contribution in [-0.2, 0) is 23.8 Å². The number of carbonyl (C=O) groups is 2. The summed E-state index contributed by atoms with van der Waals surface area (Å²) >= 11 is 0. The molecule has 0 bridgehead atoms. The van der Waals surface area contributed by atoms with Gasteiger partial charge in [-0.05, 0) is 76.2 Å². The molecule has 0 aromatic heterocycles. The van der Waals surface area contributed by atoms with Crippen LogP contribution >= 0.6 is 0 Å². The molecule has 1 unspecified atom stereocenters. The summed E-state index contributed by atoms with van der Waals surface area (Å²) in [7, 11) is 1.44. The van der Waals surface area contributed by atoms with Crippen molar-refractivity contribution in [2.24, 2.45) is 23.7 Å². The summed E-state index contributed by atoms with van der Waals surface area (Å²) in [6.07, 6.45) is 15.4. The molecule has 0 aromatic rings. The third kappa shape index (κ3) is 7.55. The van der Waals surface area contributed by atoms with Crippen molar-refractivity contribution in [1.82, 2.24) is 0 Å². The number of methoxy groups -OCH3 is 1. The first-order valence-corrected chi connectivity index (χ1v) is 12.6. The third-order valence-corrected chi connectivity index (χ3v) is 7.35. The summed E-state index contributed by atoms with van der Waals surface area (Å²) in [6, 6.07) is 0. The molecule has 3 aliphatic rings. The van der Waals surface area contributed by atoms with Gasteiger partial charge in [0.05, 0.1) is 13.2 Å². The molecule has 5 nitrogen and oxygen atoms in total. The maximum Gasteiger partial charge on any atom is 0.305 e. The van der Waals surface area contributed by atoms with Crippen LogP contribution in [0.5, 0.6) is 0 Å². The minimum Gasteiger partial charge on any atom is -0.469 e. The molecule has 182 valence electrons. The van der Waals surface area contributed by atoms with E-state index >= 15 is 0 Å². The molecule has 1 aliphatic heterocycles. The van der Waals surface area contributed by atoms with Gasteiger partial charge in [-0.25, -0.2) is 0 Å². The zero-order valence-corrected chi connectivity index (χ0v) is 20.5. The molecular formula is C28H40O5. The van der Waals surface area contributed by atoms with E-state index in [1.165, 1.54) is 12.7 Å². The Hall–Kier alpha value is -1.90. The van der Waals surface area contributed by atoms with Crippen LogP contribution in [0, 0.1) is 35.5 Å². The minimum atomic E-state index is -0.143. The Morgan fingerprint density at radius 1 is 1.27 bits per heavy atom. The fraction of sp³-hybridized carbons (Fsp3) is 0.714. The van der Waals surface area contributed by atoms with Gasteiger partial charge in [-0.1, -0.05) is 24.6 Å². The maximum absolute atomic E-state index is 12.6. The van der Waals surface area contributed by atoms with Crippen LogP contribution in [0.4, 0.5) is 0 Å². The second-order valence-corrected chi connectivity index (χ2v) is 9.74. The van der Waals surface area contributed by atoms with Gasteiger partial charge in [0.25, 0.3) is 0 Å². The first-order valence-electron chi connectivity index (χ1n) is 12.6. The van der Waals surface area contributed by atoms with Gasteiger partial charge in [0.15, 0.2) is 12.1 Å². The van der Waals surface area contributed by atoms with Gasteiger partial charge in [0.2, 0.25) is 0 Å². The normalized spacial score (nSPS) is 31.2. The number of ether oxygens (including phenoxy) is 3. The van der Waals surface area contributed by atoms with Crippen LogP contribution in [0.15, 0.2) is 23.8 Å². The van der Waals surface area contributed by atoms with Crippen molar-refractivity contribution in [1.29, 1.82) is 0 Å². The molecule has 2 aliphatic carbocycles. The molecule has 0 N–H and O–H groups in total. The number of ketones is 1. The average Bonchev–Trinajstić information content (AvgIpc) is 3.36. The highest BCUT2D eigenvalue weighted by Gasteiger charge is 2.47. The van der Waals surface area contributed by atoms with E-state index in [0.717, 1.165) is 58.0 Å². The highest BCUT2D eigenvalue weighted by molar-refractivity contribution is 5.91. The monoisotopic (exact) mass is 456 g/mol. The fourth-order valence-corrected chi connectivity index (χ4v) is 5.45. The molecule has 2 saturated carbocycles. The molecule has 0 aromatic carbocycles. The lowest BCUT2D eigenvalue weighted by atomic mass is 9.89. The number of hydrogen-bond donors (Lipinski definition) is 0. The SMILES string of the molecule is CC#CC[C@H](C)C(=O)/C=C/[C@@H]1[C@H]2C/C(=C/CCCC(=O)OC)C[C@H]2C[C@H]1OC1CCCCO1. The van der Waals surface area contributed by atoms with Crippen molar-refractivity contribution in [3.8, 4) is 11.8 Å². The lowest BCUT2D eigenvalue weighted by Crippen LogP contribution is -2.30. The van der Waals surface area contributed by atoms with E-state index in [1.807, 2.05) is 13.8 Å². The Balaban J connectivity index is 1.63. The van der Waals surface area contributed by atoms with Crippen LogP contribution in [0.25, 0.3) is 0 Å². The average molecular weight is 457 g/mol. The van der Waals surface area contributed by atoms with E-state index in [1.54, 1.807) is 6.08 Å². The van der Waals surface area contributed by atoms with E-state index < -0.39 is 0 Å². The number of allylic oxidation sites excluding steroid dienone is 3. The number of hydrogen-bond acceptors (Lipinski definition) is 5. The molecular weight excluding hydrogens is 416 g/mol. The Bertz CT molecular complexity index is 780. The largest absolute Gasteiger partial charge is 0.469 e. The summed E-state index contributed by atoms with van der Waals surface area (Å²) in [6.45, 7) is 4.53. The first-order chi connectivity index (χ1) is 16.0. The van der Waals surface area contributed by atoms with Crippen LogP contribution < -0.4 is 0 Å². The van der Waals surface area contributed by atoms with Gasteiger partial charge in [0, 0.05) is 31.3 Å². The van der Waals surface area contributed by atoms with Gasteiger partial charge in [-0.15, -0.1) is 11.8 Å². The minimum absolute atomic E-state index is 0.0826. The van der Waals surface area contributed by atoms with Gasteiger partial charge in [-0.2, -0.15) is 0 Å². The Labute approximate surface area is 199 Å². The number of esters is 1. The topological polar surface area (TPSA) is 61.8 Å². The first kappa shape index (κ1) is 25.7. The highest BCUT2D eigenvalue weighted by atomic mass is 16.7. The Morgan fingerprint density at radius 3 is 2.85 bits per heavy atom. The Morgan fingerprint density at radius 2 is 2.12 bits per heavy atom. The van der Waals surface area contributed by atoms with E-state index in [2.05, 4.69) is 24.0 Å². The zero-order valence-electron chi connectivity index (χ0n) is 20.5. The molecule has 0 radical (unpaired) electrons.